The van der Waals surface area contributed by atoms with Crippen molar-refractivity contribution >= 4 is 29.1 Å². The lowest BCUT2D eigenvalue weighted by Crippen LogP contribution is -2.15. The number of amides is 1. The zero-order valence-electron chi connectivity index (χ0n) is 15.7. The number of carbonyl (C=O) groups is 2. The van der Waals surface area contributed by atoms with Gasteiger partial charge in [0.1, 0.15) is 0 Å². The number of ketones is 1. The number of nitrogens with zero attached hydrogens (tertiary/aromatic N) is 2. The lowest BCUT2D eigenvalue weighted by molar-refractivity contribution is -0.116. The average molecular weight is 387 g/mol. The Morgan fingerprint density at radius 2 is 1.78 bits per heavy atom. The normalized spacial score (nSPS) is 12.1. The maximum Gasteiger partial charge on any atom is 0.231 e. The molecule has 0 saturated carbocycles. The Morgan fingerprint density at radius 3 is 2.37 bits per heavy atom. The number of hydrogen-bond donors (Lipinski definition) is 1. The molecule has 1 amide bonds. The smallest absolute Gasteiger partial charge is 0.231 e. The number of aryl methyl sites for hydroxylation is 2. The monoisotopic (exact) mass is 387 g/mol. The molecule has 27 heavy (non-hydrogen) atoms. The van der Waals surface area contributed by atoms with E-state index in [2.05, 4.69) is 15.3 Å². The molecular weight excluding hydrogens is 366 g/mol. The second-order valence-electron chi connectivity index (χ2n) is 6.22. The molecule has 0 unspecified atom stereocenters. The number of thioether (sulfide) groups is 1. The molecule has 1 aliphatic rings. The number of carbonyl (C=O) groups excluding carboxylic acids is 2. The molecule has 0 atom stereocenters. The molecule has 2 aromatic rings. The van der Waals surface area contributed by atoms with E-state index in [-0.39, 0.29) is 24.9 Å². The Bertz CT molecular complexity index is 891. The van der Waals surface area contributed by atoms with Gasteiger partial charge in [0, 0.05) is 29.4 Å². The third-order valence-electron chi connectivity index (χ3n) is 4.35. The number of fused-ring (bicyclic) bond motifs is 1. The van der Waals surface area contributed by atoms with Crippen molar-refractivity contribution in [1.29, 1.82) is 0 Å². The minimum atomic E-state index is -0.191. The predicted octanol–water partition coefficient (Wildman–Crippen LogP) is 3.32. The van der Waals surface area contributed by atoms with Crippen LogP contribution in [0.5, 0.6) is 11.5 Å². The topological polar surface area (TPSA) is 90.4 Å². The van der Waals surface area contributed by atoms with Crippen LogP contribution in [-0.4, -0.2) is 34.7 Å². The summed E-state index contributed by atoms with van der Waals surface area (Å²) in [5, 5.41) is 3.54. The van der Waals surface area contributed by atoms with E-state index in [0.29, 0.717) is 29.2 Å². The molecule has 1 aromatic heterocycles. The first-order chi connectivity index (χ1) is 12.9. The fourth-order valence-electron chi connectivity index (χ4n) is 2.95. The van der Waals surface area contributed by atoms with Gasteiger partial charge in [-0.05, 0) is 45.1 Å². The van der Waals surface area contributed by atoms with E-state index in [4.69, 9.17) is 9.47 Å². The second-order valence-corrected chi connectivity index (χ2v) is 6.99. The number of rotatable bonds is 6. The average Bonchev–Trinajstić information content (AvgIpc) is 3.07. The zero-order valence-corrected chi connectivity index (χ0v) is 16.5. The molecule has 0 bridgehead atoms. The Hall–Kier alpha value is -2.61. The fourth-order valence-corrected chi connectivity index (χ4v) is 3.41. The summed E-state index contributed by atoms with van der Waals surface area (Å²) in [5.41, 5.74) is 3.56. The fraction of sp³-hybridized carbons (Fsp3) is 0.368. The van der Waals surface area contributed by atoms with E-state index in [9.17, 15) is 9.59 Å². The van der Waals surface area contributed by atoms with Crippen LogP contribution in [0, 0.1) is 13.8 Å². The lowest BCUT2D eigenvalue weighted by atomic mass is 10.1. The van der Waals surface area contributed by atoms with Crippen molar-refractivity contribution in [2.45, 2.75) is 38.8 Å². The van der Waals surface area contributed by atoms with Crippen molar-refractivity contribution in [3.63, 3.8) is 0 Å². The Balaban J connectivity index is 1.73. The molecule has 2 heterocycles. The van der Waals surface area contributed by atoms with Gasteiger partial charge >= 0.3 is 0 Å². The Labute approximate surface area is 161 Å². The minimum absolute atomic E-state index is 0.106. The van der Waals surface area contributed by atoms with E-state index in [1.807, 2.05) is 20.1 Å². The lowest BCUT2D eigenvalue weighted by Gasteiger charge is -2.12. The van der Waals surface area contributed by atoms with Crippen LogP contribution in [0.2, 0.25) is 0 Å². The van der Waals surface area contributed by atoms with E-state index in [1.165, 1.54) is 18.7 Å². The summed E-state index contributed by atoms with van der Waals surface area (Å²) in [7, 11) is 0. The molecule has 142 valence electrons. The summed E-state index contributed by atoms with van der Waals surface area (Å²) in [4.78, 5) is 33.2. The molecule has 3 rings (SSSR count). The van der Waals surface area contributed by atoms with Crippen molar-refractivity contribution in [3.05, 3.63) is 34.6 Å². The largest absolute Gasteiger partial charge is 0.454 e. The SMILES string of the molecule is CSc1nc(C)c(CCC(=O)Nc2cc3c(cc2C(C)=O)OCO3)c(C)n1. The number of nitrogens with one attached hydrogen (secondary N) is 1. The van der Waals surface area contributed by atoms with E-state index in [0.717, 1.165) is 22.1 Å². The van der Waals surface area contributed by atoms with Gasteiger partial charge in [-0.25, -0.2) is 9.97 Å². The Morgan fingerprint density at radius 1 is 1.15 bits per heavy atom. The molecule has 8 heteroatoms. The van der Waals surface area contributed by atoms with Gasteiger partial charge in [-0.1, -0.05) is 11.8 Å². The van der Waals surface area contributed by atoms with E-state index in [1.54, 1.807) is 12.1 Å². The first-order valence-corrected chi connectivity index (χ1v) is 9.74. The summed E-state index contributed by atoms with van der Waals surface area (Å²) in [6.45, 7) is 5.40. The third kappa shape index (κ3) is 4.21. The Kier molecular flexibility index (Phi) is 5.65. The first-order valence-electron chi connectivity index (χ1n) is 8.51. The van der Waals surface area contributed by atoms with Crippen LogP contribution < -0.4 is 14.8 Å². The van der Waals surface area contributed by atoms with Crippen LogP contribution in [0.3, 0.4) is 0 Å². The molecule has 1 aromatic carbocycles. The summed E-state index contributed by atoms with van der Waals surface area (Å²) in [6, 6.07) is 3.23. The highest BCUT2D eigenvalue weighted by molar-refractivity contribution is 7.98. The van der Waals surface area contributed by atoms with Crippen LogP contribution in [0.15, 0.2) is 17.3 Å². The quantitative estimate of drug-likeness (QED) is 0.462. The maximum atomic E-state index is 12.5. The summed E-state index contributed by atoms with van der Waals surface area (Å²) in [5.74, 6) is 0.680. The standard InChI is InChI=1S/C19H21N3O4S/c1-10-13(11(2)21-19(20-10)27-4)5-6-18(24)22-15-8-17-16(25-9-26-17)7-14(15)12(3)23/h7-8H,5-6,9H2,1-4H3,(H,22,24). The molecule has 0 aliphatic carbocycles. The van der Waals surface area contributed by atoms with E-state index < -0.39 is 0 Å². The maximum absolute atomic E-state index is 12.5. The number of benzene rings is 1. The van der Waals surface area contributed by atoms with Gasteiger partial charge in [0.2, 0.25) is 12.7 Å². The van der Waals surface area contributed by atoms with Crippen molar-refractivity contribution < 1.29 is 19.1 Å². The van der Waals surface area contributed by atoms with Gasteiger partial charge in [-0.3, -0.25) is 9.59 Å². The molecule has 0 spiro atoms. The highest BCUT2D eigenvalue weighted by Crippen LogP contribution is 2.37. The molecule has 0 saturated heterocycles. The number of aromatic nitrogens is 2. The molecular formula is C19H21N3O4S. The van der Waals surface area contributed by atoms with Gasteiger partial charge in [0.25, 0.3) is 0 Å². The molecule has 0 fully saturated rings. The first kappa shape index (κ1) is 19.2. The van der Waals surface area contributed by atoms with Gasteiger partial charge in [-0.2, -0.15) is 0 Å². The molecule has 7 nitrogen and oxygen atoms in total. The van der Waals surface area contributed by atoms with Gasteiger partial charge in [-0.15, -0.1) is 0 Å². The summed E-state index contributed by atoms with van der Waals surface area (Å²) < 4.78 is 10.6. The number of anilines is 1. The van der Waals surface area contributed by atoms with Crippen LogP contribution in [0.25, 0.3) is 0 Å². The highest BCUT2D eigenvalue weighted by Gasteiger charge is 2.20. The van der Waals surface area contributed by atoms with Crippen molar-refractivity contribution in [2.24, 2.45) is 0 Å². The van der Waals surface area contributed by atoms with Crippen LogP contribution in [-0.2, 0) is 11.2 Å². The predicted molar refractivity (Wildman–Crippen MR) is 103 cm³/mol. The molecule has 0 radical (unpaired) electrons. The van der Waals surface area contributed by atoms with Gasteiger partial charge in [0.05, 0.1) is 5.69 Å². The second kappa shape index (κ2) is 7.96. The number of ether oxygens (including phenoxy) is 2. The van der Waals surface area contributed by atoms with Crippen LogP contribution in [0.1, 0.15) is 40.7 Å². The van der Waals surface area contributed by atoms with Crippen LogP contribution in [0.4, 0.5) is 5.69 Å². The van der Waals surface area contributed by atoms with Crippen molar-refractivity contribution in [2.75, 3.05) is 18.4 Å². The summed E-state index contributed by atoms with van der Waals surface area (Å²) >= 11 is 1.49. The van der Waals surface area contributed by atoms with Crippen molar-refractivity contribution in [3.8, 4) is 11.5 Å². The van der Waals surface area contributed by atoms with E-state index >= 15 is 0 Å². The highest BCUT2D eigenvalue weighted by atomic mass is 32.2. The van der Waals surface area contributed by atoms with Gasteiger partial charge < -0.3 is 14.8 Å². The molecule has 1 aliphatic heterocycles. The minimum Gasteiger partial charge on any atom is -0.454 e. The van der Waals surface area contributed by atoms with Gasteiger partial charge in [0.15, 0.2) is 22.4 Å². The molecule has 1 N–H and O–H groups in total. The zero-order chi connectivity index (χ0) is 19.6. The number of Topliss-reactive ketones (excluding diaryl/α,β-unsaturated/α-hetero) is 1. The third-order valence-corrected chi connectivity index (χ3v) is 4.90. The summed E-state index contributed by atoms with van der Waals surface area (Å²) in [6.07, 6.45) is 2.72. The number of hydrogen-bond acceptors (Lipinski definition) is 7. The van der Waals surface area contributed by atoms with Crippen molar-refractivity contribution in [1.82, 2.24) is 9.97 Å². The van der Waals surface area contributed by atoms with Crippen LogP contribution >= 0.6 is 11.8 Å².